The highest BCUT2D eigenvalue weighted by Gasteiger charge is 2.45. The summed E-state index contributed by atoms with van der Waals surface area (Å²) < 4.78 is 40.0. The van der Waals surface area contributed by atoms with Crippen LogP contribution < -0.4 is 5.32 Å². The van der Waals surface area contributed by atoms with Crippen molar-refractivity contribution in [3.8, 4) is 5.75 Å². The van der Waals surface area contributed by atoms with Gasteiger partial charge in [0.15, 0.2) is 5.75 Å². The minimum Gasteiger partial charge on any atom is -0.502 e. The number of aromatic hydroxyl groups is 1. The van der Waals surface area contributed by atoms with Gasteiger partial charge in [-0.25, -0.2) is 0 Å². The molecule has 1 atom stereocenters. The average molecular weight is 305 g/mol. The number of nitro benzene ring substituents is 1. The summed E-state index contributed by atoms with van der Waals surface area (Å²) >= 11 is 0. The monoisotopic (exact) mass is 305 g/mol. The number of nitro groups is 1. The van der Waals surface area contributed by atoms with E-state index in [1.807, 2.05) is 0 Å². The van der Waals surface area contributed by atoms with Crippen molar-refractivity contribution in [3.63, 3.8) is 0 Å². The van der Waals surface area contributed by atoms with E-state index in [0.717, 1.165) is 18.2 Å². The van der Waals surface area contributed by atoms with Gasteiger partial charge in [-0.15, -0.1) is 0 Å². The normalized spacial score (nSPS) is 18.4. The zero-order valence-corrected chi connectivity index (χ0v) is 10.9. The first kappa shape index (κ1) is 15.5. The molecule has 1 saturated heterocycles. The van der Waals surface area contributed by atoms with Gasteiger partial charge in [0.1, 0.15) is 6.04 Å². The van der Waals surface area contributed by atoms with E-state index in [4.69, 9.17) is 0 Å². The zero-order valence-electron chi connectivity index (χ0n) is 10.9. The van der Waals surface area contributed by atoms with E-state index in [0.29, 0.717) is 13.1 Å². The van der Waals surface area contributed by atoms with Gasteiger partial charge in [0.05, 0.1) is 4.92 Å². The van der Waals surface area contributed by atoms with Crippen LogP contribution in [0.5, 0.6) is 5.75 Å². The first-order valence-electron chi connectivity index (χ1n) is 6.29. The molecule has 1 heterocycles. The molecule has 1 aromatic carbocycles. The smallest absolute Gasteiger partial charge is 0.408 e. The number of nitrogens with zero attached hydrogens (tertiary/aromatic N) is 2. The molecule has 1 aliphatic heterocycles. The topological polar surface area (TPSA) is 78.6 Å². The third-order valence-electron chi connectivity index (χ3n) is 3.34. The van der Waals surface area contributed by atoms with Crippen LogP contribution in [0.4, 0.5) is 18.9 Å². The van der Waals surface area contributed by atoms with Crippen molar-refractivity contribution in [3.05, 3.63) is 33.9 Å². The lowest BCUT2D eigenvalue weighted by molar-refractivity contribution is -0.386. The highest BCUT2D eigenvalue weighted by atomic mass is 19.4. The molecule has 0 spiro atoms. The molecule has 6 nitrogen and oxygen atoms in total. The molecule has 116 valence electrons. The second-order valence-electron chi connectivity index (χ2n) is 4.74. The predicted molar refractivity (Wildman–Crippen MR) is 68.0 cm³/mol. The van der Waals surface area contributed by atoms with Crippen LogP contribution in [0, 0.1) is 10.1 Å². The van der Waals surface area contributed by atoms with E-state index in [2.05, 4.69) is 5.32 Å². The van der Waals surface area contributed by atoms with E-state index in [-0.39, 0.29) is 18.7 Å². The van der Waals surface area contributed by atoms with Gasteiger partial charge in [-0.2, -0.15) is 13.2 Å². The number of phenolic OH excluding ortho intramolecular Hbond substituents is 1. The average Bonchev–Trinajstić information content (AvgIpc) is 2.40. The van der Waals surface area contributed by atoms with Gasteiger partial charge in [0.25, 0.3) is 0 Å². The number of phenols is 1. The minimum atomic E-state index is -4.55. The molecule has 1 aliphatic rings. The molecule has 0 aromatic heterocycles. The van der Waals surface area contributed by atoms with Crippen LogP contribution in [-0.2, 0) is 0 Å². The Morgan fingerprint density at radius 1 is 1.33 bits per heavy atom. The molecular formula is C12H14F3N3O3. The quantitative estimate of drug-likeness (QED) is 0.658. The molecule has 2 rings (SSSR count). The SMILES string of the molecule is O=[N+]([O-])c1cc([C@@H](N2CCNCC2)C(F)(F)F)ccc1O. The van der Waals surface area contributed by atoms with E-state index in [1.165, 1.54) is 4.90 Å². The van der Waals surface area contributed by atoms with E-state index in [1.54, 1.807) is 0 Å². The fourth-order valence-corrected chi connectivity index (χ4v) is 2.40. The van der Waals surface area contributed by atoms with Crippen LogP contribution in [0.25, 0.3) is 0 Å². The number of nitrogens with one attached hydrogen (secondary N) is 1. The number of piperazine rings is 1. The molecule has 1 fully saturated rings. The van der Waals surface area contributed by atoms with Crippen molar-refractivity contribution in [1.29, 1.82) is 0 Å². The van der Waals surface area contributed by atoms with Gasteiger partial charge >= 0.3 is 11.9 Å². The molecule has 0 unspecified atom stereocenters. The number of alkyl halides is 3. The fraction of sp³-hybridized carbons (Fsp3) is 0.500. The zero-order chi connectivity index (χ0) is 15.6. The first-order chi connectivity index (χ1) is 9.80. The first-order valence-corrected chi connectivity index (χ1v) is 6.29. The van der Waals surface area contributed by atoms with Crippen LogP contribution in [-0.4, -0.2) is 47.3 Å². The van der Waals surface area contributed by atoms with Crippen LogP contribution in [0.2, 0.25) is 0 Å². The molecule has 0 aliphatic carbocycles. The molecule has 1 aromatic rings. The van der Waals surface area contributed by atoms with Gasteiger partial charge in [-0.3, -0.25) is 15.0 Å². The minimum absolute atomic E-state index is 0.193. The maximum Gasteiger partial charge on any atom is 0.408 e. The summed E-state index contributed by atoms with van der Waals surface area (Å²) in [4.78, 5) is 11.1. The Labute approximate surface area is 118 Å². The Hall–Kier alpha value is -1.87. The third-order valence-corrected chi connectivity index (χ3v) is 3.34. The lowest BCUT2D eigenvalue weighted by Gasteiger charge is -2.36. The molecule has 21 heavy (non-hydrogen) atoms. The Bertz CT molecular complexity index is 530. The second-order valence-corrected chi connectivity index (χ2v) is 4.74. The molecular weight excluding hydrogens is 291 g/mol. The van der Waals surface area contributed by atoms with E-state index in [9.17, 15) is 28.4 Å². The van der Waals surface area contributed by atoms with Crippen LogP contribution >= 0.6 is 0 Å². The van der Waals surface area contributed by atoms with Crippen LogP contribution in [0.1, 0.15) is 11.6 Å². The van der Waals surface area contributed by atoms with Gasteiger partial charge in [0, 0.05) is 32.2 Å². The van der Waals surface area contributed by atoms with Gasteiger partial charge < -0.3 is 10.4 Å². The lowest BCUT2D eigenvalue weighted by atomic mass is 10.0. The number of rotatable bonds is 3. The fourth-order valence-electron chi connectivity index (χ4n) is 2.40. The maximum atomic E-state index is 13.3. The Balaban J connectivity index is 2.41. The lowest BCUT2D eigenvalue weighted by Crippen LogP contribution is -2.49. The van der Waals surface area contributed by atoms with Gasteiger partial charge in [0.2, 0.25) is 0 Å². The third kappa shape index (κ3) is 3.42. The number of hydrogen-bond donors (Lipinski definition) is 2. The summed E-state index contributed by atoms with van der Waals surface area (Å²) in [6.45, 7) is 1.23. The van der Waals surface area contributed by atoms with E-state index < -0.39 is 28.6 Å². The highest BCUT2D eigenvalue weighted by Crippen LogP contribution is 2.40. The second kappa shape index (κ2) is 5.86. The summed E-state index contributed by atoms with van der Waals surface area (Å²) in [6, 6.07) is 0.866. The van der Waals surface area contributed by atoms with Crippen molar-refractivity contribution < 1.29 is 23.2 Å². The van der Waals surface area contributed by atoms with Crippen molar-refractivity contribution in [1.82, 2.24) is 10.2 Å². The van der Waals surface area contributed by atoms with Crippen LogP contribution in [0.3, 0.4) is 0 Å². The summed E-state index contributed by atoms with van der Waals surface area (Å²) in [5.74, 6) is -0.648. The van der Waals surface area contributed by atoms with Crippen LogP contribution in [0.15, 0.2) is 18.2 Å². The number of halogens is 3. The number of benzene rings is 1. The molecule has 2 N–H and O–H groups in total. The summed E-state index contributed by atoms with van der Waals surface area (Å²) in [6.07, 6.45) is -4.55. The van der Waals surface area contributed by atoms with Gasteiger partial charge in [-0.1, -0.05) is 6.07 Å². The predicted octanol–water partition coefficient (Wildman–Crippen LogP) is 1.81. The molecule has 0 amide bonds. The molecule has 0 bridgehead atoms. The van der Waals surface area contributed by atoms with Crippen molar-refractivity contribution in [2.75, 3.05) is 26.2 Å². The van der Waals surface area contributed by atoms with Crippen molar-refractivity contribution in [2.45, 2.75) is 12.2 Å². The maximum absolute atomic E-state index is 13.3. The Kier molecular flexibility index (Phi) is 4.33. The number of hydrogen-bond acceptors (Lipinski definition) is 5. The van der Waals surface area contributed by atoms with Gasteiger partial charge in [-0.05, 0) is 11.6 Å². The summed E-state index contributed by atoms with van der Waals surface area (Å²) in [5, 5.41) is 23.1. The highest BCUT2D eigenvalue weighted by molar-refractivity contribution is 5.48. The molecule has 9 heteroatoms. The standard InChI is InChI=1S/C12H14F3N3O3/c13-12(14,15)11(17-5-3-16-4-6-17)8-1-2-10(19)9(7-8)18(20)21/h1-2,7,11,16,19H,3-6H2/t11-/m1/s1. The van der Waals surface area contributed by atoms with Crippen molar-refractivity contribution >= 4 is 5.69 Å². The molecule has 0 saturated carbocycles. The largest absolute Gasteiger partial charge is 0.502 e. The Morgan fingerprint density at radius 2 is 1.95 bits per heavy atom. The summed E-state index contributed by atoms with van der Waals surface area (Å²) in [7, 11) is 0. The molecule has 0 radical (unpaired) electrons. The van der Waals surface area contributed by atoms with E-state index >= 15 is 0 Å². The Morgan fingerprint density at radius 3 is 2.48 bits per heavy atom. The summed E-state index contributed by atoms with van der Waals surface area (Å²) in [5.41, 5.74) is -0.967. The van der Waals surface area contributed by atoms with Crippen molar-refractivity contribution in [2.24, 2.45) is 0 Å².